The summed E-state index contributed by atoms with van der Waals surface area (Å²) in [5.41, 5.74) is -0.901. The Hall–Kier alpha value is -2.83. The minimum Gasteiger partial charge on any atom is -0.382 e. The Bertz CT molecular complexity index is 822. The Morgan fingerprint density at radius 3 is 2.03 bits per heavy atom. The second kappa shape index (κ2) is 11.9. The maximum absolute atomic E-state index is 13.0. The highest BCUT2D eigenvalue weighted by Crippen LogP contribution is 2.29. The summed E-state index contributed by atoms with van der Waals surface area (Å²) in [6.07, 6.45) is 1.71. The van der Waals surface area contributed by atoms with Gasteiger partial charge in [0.25, 0.3) is 5.91 Å². The van der Waals surface area contributed by atoms with Gasteiger partial charge in [-0.05, 0) is 19.3 Å². The third-order valence-electron chi connectivity index (χ3n) is 5.02. The van der Waals surface area contributed by atoms with Crippen molar-refractivity contribution < 1.29 is 37.9 Å². The first-order chi connectivity index (χ1) is 15.6. The van der Waals surface area contributed by atoms with Gasteiger partial charge in [-0.3, -0.25) is 19.2 Å². The van der Waals surface area contributed by atoms with Gasteiger partial charge < -0.3 is 34.7 Å². The van der Waals surface area contributed by atoms with Gasteiger partial charge in [0.15, 0.2) is 5.78 Å². The van der Waals surface area contributed by atoms with Crippen LogP contribution in [-0.4, -0.2) is 86.4 Å². The molecule has 33 heavy (non-hydrogen) atoms. The van der Waals surface area contributed by atoms with E-state index in [2.05, 4.69) is 21.1 Å². The third kappa shape index (κ3) is 7.62. The summed E-state index contributed by atoms with van der Waals surface area (Å²) < 4.78 is 20.1. The molecule has 0 aliphatic carbocycles. The van der Waals surface area contributed by atoms with Gasteiger partial charge in [-0.2, -0.15) is 0 Å². The third-order valence-corrected chi connectivity index (χ3v) is 5.02. The van der Waals surface area contributed by atoms with Gasteiger partial charge in [-0.1, -0.05) is 19.0 Å². The number of methoxy groups -OCH3 is 2. The van der Waals surface area contributed by atoms with Crippen LogP contribution in [0, 0.1) is 5.92 Å². The number of rotatable bonds is 14. The molecule has 0 unspecified atom stereocenters. The van der Waals surface area contributed by atoms with Crippen LogP contribution in [0.4, 0.5) is 0 Å². The van der Waals surface area contributed by atoms with Crippen molar-refractivity contribution in [1.29, 1.82) is 0 Å². The minimum atomic E-state index is -1.12. The van der Waals surface area contributed by atoms with Crippen LogP contribution < -0.4 is 16.0 Å². The van der Waals surface area contributed by atoms with Crippen LogP contribution in [0.25, 0.3) is 0 Å². The van der Waals surface area contributed by atoms with E-state index in [1.807, 2.05) is 13.8 Å². The topological polar surface area (TPSA) is 161 Å². The number of nitrogens with zero attached hydrogens (tertiary/aromatic N) is 1. The molecule has 1 aromatic rings. The van der Waals surface area contributed by atoms with E-state index in [-0.39, 0.29) is 30.7 Å². The molecular weight excluding hydrogens is 436 g/mol. The van der Waals surface area contributed by atoms with Gasteiger partial charge in [0.2, 0.25) is 17.6 Å². The minimum absolute atomic E-state index is 0.0825. The summed E-state index contributed by atoms with van der Waals surface area (Å²) in [5, 5.41) is 11.2. The molecule has 0 spiro atoms. The quantitative estimate of drug-likeness (QED) is 0.304. The first kappa shape index (κ1) is 26.4. The zero-order valence-corrected chi connectivity index (χ0v) is 19.5. The second-order valence-electron chi connectivity index (χ2n) is 8.45. The van der Waals surface area contributed by atoms with Crippen LogP contribution in [0.1, 0.15) is 37.7 Å². The number of ketones is 1. The molecule has 184 valence electrons. The van der Waals surface area contributed by atoms with Crippen LogP contribution in [0.5, 0.6) is 0 Å². The number of hydrogen-bond donors (Lipinski definition) is 3. The van der Waals surface area contributed by atoms with Crippen LogP contribution in [0.3, 0.4) is 0 Å². The molecular formula is C21H32N4O8. The van der Waals surface area contributed by atoms with Crippen molar-refractivity contribution in [3.05, 3.63) is 18.0 Å². The molecule has 1 aromatic heterocycles. The molecule has 1 saturated heterocycles. The lowest BCUT2D eigenvalue weighted by Gasteiger charge is -2.26. The van der Waals surface area contributed by atoms with E-state index in [1.165, 1.54) is 26.5 Å². The van der Waals surface area contributed by atoms with Crippen molar-refractivity contribution in [2.45, 2.75) is 50.9 Å². The lowest BCUT2D eigenvalue weighted by molar-refractivity contribution is -0.134. The second-order valence-corrected chi connectivity index (χ2v) is 8.45. The van der Waals surface area contributed by atoms with Crippen molar-refractivity contribution >= 4 is 23.5 Å². The molecule has 1 aliphatic heterocycles. The van der Waals surface area contributed by atoms with Gasteiger partial charge in [-0.15, -0.1) is 0 Å². The van der Waals surface area contributed by atoms with Crippen molar-refractivity contribution in [3.8, 4) is 0 Å². The Morgan fingerprint density at radius 1 is 1.03 bits per heavy atom. The Kier molecular flexibility index (Phi) is 9.50. The predicted octanol–water partition coefficient (Wildman–Crippen LogP) is -0.560. The molecule has 3 amide bonds. The van der Waals surface area contributed by atoms with Crippen molar-refractivity contribution in [1.82, 2.24) is 21.1 Å². The largest absolute Gasteiger partial charge is 0.382 e. The highest BCUT2D eigenvalue weighted by atomic mass is 16.6. The first-order valence-corrected chi connectivity index (χ1v) is 10.6. The molecule has 3 N–H and O–H groups in total. The van der Waals surface area contributed by atoms with Crippen molar-refractivity contribution in [3.63, 3.8) is 0 Å². The average molecular weight is 469 g/mol. The lowest BCUT2D eigenvalue weighted by Crippen LogP contribution is -2.58. The summed E-state index contributed by atoms with van der Waals surface area (Å²) >= 11 is 0. The molecule has 2 rings (SSSR count). The zero-order chi connectivity index (χ0) is 24.6. The molecule has 2 heterocycles. The standard InChI is InChI=1S/C21H32N4O8/c1-12(2)8-13(17(26)21(3)11-32-21)23-18(27)14(9-30-4)24-19(28)15(10-31-5)25-20(29)16-6-7-22-33-16/h6-7,12-15H,8-11H2,1-5H3,(H,23,27)(H,24,28)(H,25,29)/t13-,14-,15-,21+/m0/s1. The number of aromatic nitrogens is 1. The van der Waals surface area contributed by atoms with Gasteiger partial charge in [-0.25, -0.2) is 0 Å². The normalized spacial score (nSPS) is 19.9. The number of ether oxygens (including phenoxy) is 3. The SMILES string of the molecule is COC[C@H](NC(=O)c1ccno1)C(=O)N[C@@H](COC)C(=O)N[C@@H](CC(C)C)C(=O)[C@@]1(C)CO1. The van der Waals surface area contributed by atoms with Crippen molar-refractivity contribution in [2.75, 3.05) is 34.0 Å². The molecule has 0 radical (unpaired) electrons. The van der Waals surface area contributed by atoms with Gasteiger partial charge >= 0.3 is 0 Å². The van der Waals surface area contributed by atoms with Crippen LogP contribution >= 0.6 is 0 Å². The van der Waals surface area contributed by atoms with Gasteiger partial charge in [0.05, 0.1) is 32.1 Å². The van der Waals surface area contributed by atoms with E-state index in [9.17, 15) is 19.2 Å². The predicted molar refractivity (Wildman–Crippen MR) is 114 cm³/mol. The van der Waals surface area contributed by atoms with E-state index in [4.69, 9.17) is 18.7 Å². The fourth-order valence-electron chi connectivity index (χ4n) is 3.13. The molecule has 0 bridgehead atoms. The molecule has 4 atom stereocenters. The number of carbonyl (C=O) groups excluding carboxylic acids is 4. The Labute approximate surface area is 192 Å². The summed E-state index contributed by atoms with van der Waals surface area (Å²) in [5.74, 6) is -2.10. The monoisotopic (exact) mass is 468 g/mol. The van der Waals surface area contributed by atoms with Crippen LogP contribution in [-0.2, 0) is 28.6 Å². The maximum Gasteiger partial charge on any atom is 0.290 e. The van der Waals surface area contributed by atoms with E-state index in [0.29, 0.717) is 13.0 Å². The number of nitrogens with one attached hydrogen (secondary N) is 3. The Balaban J connectivity index is 2.07. The van der Waals surface area contributed by atoms with Crippen LogP contribution in [0.15, 0.2) is 16.8 Å². The maximum atomic E-state index is 13.0. The summed E-state index contributed by atoms with van der Waals surface area (Å²) in [4.78, 5) is 50.8. The highest BCUT2D eigenvalue weighted by molar-refractivity contribution is 5.99. The summed E-state index contributed by atoms with van der Waals surface area (Å²) in [7, 11) is 2.74. The number of amides is 3. The summed E-state index contributed by atoms with van der Waals surface area (Å²) in [6, 6.07) is -1.66. The number of carbonyl (C=O) groups is 4. The van der Waals surface area contributed by atoms with Crippen LogP contribution in [0.2, 0.25) is 0 Å². The molecule has 1 fully saturated rings. The molecule has 12 heteroatoms. The first-order valence-electron chi connectivity index (χ1n) is 10.6. The van der Waals surface area contributed by atoms with Gasteiger partial charge in [0, 0.05) is 20.3 Å². The smallest absolute Gasteiger partial charge is 0.290 e. The average Bonchev–Trinajstić information content (AvgIpc) is 3.27. The Morgan fingerprint density at radius 2 is 1.58 bits per heavy atom. The zero-order valence-electron chi connectivity index (χ0n) is 19.5. The summed E-state index contributed by atoms with van der Waals surface area (Å²) in [6.45, 7) is 5.54. The van der Waals surface area contributed by atoms with Gasteiger partial charge in [0.1, 0.15) is 17.7 Å². The molecule has 12 nitrogen and oxygen atoms in total. The number of Topliss-reactive ketones (excluding diaryl/α,β-unsaturated/α-hetero) is 1. The van der Waals surface area contributed by atoms with Crippen molar-refractivity contribution in [2.24, 2.45) is 5.92 Å². The van der Waals surface area contributed by atoms with E-state index in [0.717, 1.165) is 0 Å². The van der Waals surface area contributed by atoms with E-state index in [1.54, 1.807) is 6.92 Å². The fraction of sp³-hybridized carbons (Fsp3) is 0.667. The molecule has 0 saturated carbocycles. The van der Waals surface area contributed by atoms with E-state index < -0.39 is 41.4 Å². The molecule has 0 aromatic carbocycles. The lowest BCUT2D eigenvalue weighted by atomic mass is 9.93. The number of epoxide rings is 1. The highest BCUT2D eigenvalue weighted by Gasteiger charge is 2.50. The fourth-order valence-corrected chi connectivity index (χ4v) is 3.13. The number of hydrogen-bond acceptors (Lipinski definition) is 9. The molecule has 1 aliphatic rings. The van der Waals surface area contributed by atoms with E-state index >= 15 is 0 Å².